The predicted molar refractivity (Wildman–Crippen MR) is 55.2 cm³/mol. The zero-order chi connectivity index (χ0) is 10.2. The Morgan fingerprint density at radius 3 is 2.79 bits per heavy atom. The lowest BCUT2D eigenvalue weighted by molar-refractivity contribution is -0.110. The number of methoxy groups -OCH3 is 1. The van der Waals surface area contributed by atoms with Crippen molar-refractivity contribution < 1.29 is 9.53 Å². The van der Waals surface area contributed by atoms with Gasteiger partial charge >= 0.3 is 0 Å². The van der Waals surface area contributed by atoms with Gasteiger partial charge < -0.3 is 15.0 Å². The van der Waals surface area contributed by atoms with Crippen LogP contribution in [0.5, 0.6) is 0 Å². The summed E-state index contributed by atoms with van der Waals surface area (Å²) in [6, 6.07) is 0.395. The van der Waals surface area contributed by atoms with E-state index in [1.54, 1.807) is 7.11 Å². The smallest absolute Gasteiger partial charge is 0.207 e. The van der Waals surface area contributed by atoms with Gasteiger partial charge in [-0.1, -0.05) is 0 Å². The van der Waals surface area contributed by atoms with E-state index in [0.29, 0.717) is 6.04 Å². The number of hydrogen-bond acceptors (Lipinski definition) is 3. The first-order valence-corrected chi connectivity index (χ1v) is 5.28. The normalized spacial score (nSPS) is 19.5. The first-order valence-electron chi connectivity index (χ1n) is 5.28. The quantitative estimate of drug-likeness (QED) is 0.493. The number of nitrogens with zero attached hydrogens (tertiary/aromatic N) is 1. The van der Waals surface area contributed by atoms with Crippen molar-refractivity contribution in [3.8, 4) is 0 Å². The molecule has 0 bridgehead atoms. The Kier molecular flexibility index (Phi) is 5.56. The average Bonchev–Trinajstić information content (AvgIpc) is 2.21. The van der Waals surface area contributed by atoms with Crippen LogP contribution in [0.25, 0.3) is 0 Å². The number of nitrogens with one attached hydrogen (secondary N) is 1. The van der Waals surface area contributed by atoms with Gasteiger partial charge in [0.1, 0.15) is 0 Å². The highest BCUT2D eigenvalue weighted by Gasteiger charge is 2.17. The summed E-state index contributed by atoms with van der Waals surface area (Å²) in [6.45, 7) is 4.14. The summed E-state index contributed by atoms with van der Waals surface area (Å²) in [5, 5.41) is 2.84. The molecule has 0 aromatic heterocycles. The molecule has 1 fully saturated rings. The van der Waals surface area contributed by atoms with Crippen LogP contribution in [0.3, 0.4) is 0 Å². The number of rotatable bonds is 6. The fourth-order valence-corrected chi connectivity index (χ4v) is 1.85. The van der Waals surface area contributed by atoms with Crippen molar-refractivity contribution in [3.05, 3.63) is 0 Å². The van der Waals surface area contributed by atoms with E-state index in [2.05, 4.69) is 10.2 Å². The minimum absolute atomic E-state index is 0.395. The van der Waals surface area contributed by atoms with Gasteiger partial charge in [-0.15, -0.1) is 0 Å². The Bertz CT molecular complexity index is 156. The Morgan fingerprint density at radius 2 is 2.21 bits per heavy atom. The topological polar surface area (TPSA) is 41.6 Å². The summed E-state index contributed by atoms with van der Waals surface area (Å²) in [5.74, 6) is 0. The van der Waals surface area contributed by atoms with Crippen molar-refractivity contribution in [2.45, 2.75) is 25.3 Å². The van der Waals surface area contributed by atoms with E-state index in [9.17, 15) is 4.79 Å². The van der Waals surface area contributed by atoms with Crippen LogP contribution < -0.4 is 5.32 Å². The molecule has 4 heteroatoms. The van der Waals surface area contributed by atoms with E-state index in [-0.39, 0.29) is 0 Å². The van der Waals surface area contributed by atoms with Crippen LogP contribution in [0.2, 0.25) is 0 Å². The molecular weight excluding hydrogens is 180 g/mol. The molecule has 0 aromatic rings. The lowest BCUT2D eigenvalue weighted by atomic mass is 10.1. The molecule has 0 unspecified atom stereocenters. The maximum Gasteiger partial charge on any atom is 0.207 e. The third-order valence-electron chi connectivity index (χ3n) is 2.71. The molecule has 14 heavy (non-hydrogen) atoms. The van der Waals surface area contributed by atoms with Crippen molar-refractivity contribution in [2.24, 2.45) is 0 Å². The van der Waals surface area contributed by atoms with Gasteiger partial charge in [-0.05, 0) is 19.3 Å². The molecule has 0 radical (unpaired) electrons. The zero-order valence-corrected chi connectivity index (χ0v) is 8.87. The van der Waals surface area contributed by atoms with Crippen LogP contribution in [0.1, 0.15) is 19.3 Å². The van der Waals surface area contributed by atoms with E-state index >= 15 is 0 Å². The molecule has 0 aliphatic carbocycles. The van der Waals surface area contributed by atoms with Crippen molar-refractivity contribution in [1.29, 1.82) is 0 Å². The first-order chi connectivity index (χ1) is 6.86. The molecule has 1 saturated heterocycles. The van der Waals surface area contributed by atoms with Gasteiger partial charge in [0.05, 0.1) is 0 Å². The van der Waals surface area contributed by atoms with Gasteiger partial charge in [0, 0.05) is 39.4 Å². The third-order valence-corrected chi connectivity index (χ3v) is 2.71. The number of carbonyl (C=O) groups excluding carboxylic acids is 1. The van der Waals surface area contributed by atoms with Gasteiger partial charge in [-0.2, -0.15) is 0 Å². The van der Waals surface area contributed by atoms with Gasteiger partial charge in [-0.3, -0.25) is 4.79 Å². The highest BCUT2D eigenvalue weighted by molar-refractivity contribution is 5.46. The Balaban J connectivity index is 2.06. The molecule has 1 rings (SSSR count). The van der Waals surface area contributed by atoms with Crippen molar-refractivity contribution >= 4 is 6.41 Å². The Hall–Kier alpha value is -0.610. The average molecular weight is 200 g/mol. The largest absolute Gasteiger partial charge is 0.385 e. The van der Waals surface area contributed by atoms with Gasteiger partial charge in [-0.25, -0.2) is 0 Å². The molecule has 1 heterocycles. The standard InChI is InChI=1S/C10H20N2O2/c1-14-8-2-5-12-6-3-10(4-7-12)11-9-13/h9-10H,2-8H2,1H3,(H,11,13). The predicted octanol–water partition coefficient (Wildman–Crippen LogP) is 0.233. The second-order valence-electron chi connectivity index (χ2n) is 3.75. The molecular formula is C10H20N2O2. The van der Waals surface area contributed by atoms with Crippen molar-refractivity contribution in [2.75, 3.05) is 33.4 Å². The minimum Gasteiger partial charge on any atom is -0.385 e. The first kappa shape index (κ1) is 11.5. The van der Waals surface area contributed by atoms with Crippen LogP contribution in [0, 0.1) is 0 Å². The number of hydrogen-bond donors (Lipinski definition) is 1. The molecule has 4 nitrogen and oxygen atoms in total. The fraction of sp³-hybridized carbons (Fsp3) is 0.900. The van der Waals surface area contributed by atoms with Gasteiger partial charge in [0.2, 0.25) is 6.41 Å². The summed E-state index contributed by atoms with van der Waals surface area (Å²) >= 11 is 0. The van der Waals surface area contributed by atoms with E-state index < -0.39 is 0 Å². The maximum atomic E-state index is 10.2. The molecule has 0 spiro atoms. The number of carbonyl (C=O) groups is 1. The van der Waals surface area contributed by atoms with Gasteiger partial charge in [0.15, 0.2) is 0 Å². The maximum absolute atomic E-state index is 10.2. The highest BCUT2D eigenvalue weighted by atomic mass is 16.5. The second kappa shape index (κ2) is 6.79. The molecule has 1 aliphatic rings. The summed E-state index contributed by atoms with van der Waals surface area (Å²) in [5.41, 5.74) is 0. The molecule has 0 aromatic carbocycles. The Morgan fingerprint density at radius 1 is 1.50 bits per heavy atom. The van der Waals surface area contributed by atoms with E-state index in [4.69, 9.17) is 4.74 Å². The monoisotopic (exact) mass is 200 g/mol. The minimum atomic E-state index is 0.395. The van der Waals surface area contributed by atoms with E-state index in [1.807, 2.05) is 0 Å². The molecule has 0 atom stereocenters. The summed E-state index contributed by atoms with van der Waals surface area (Å²) in [6.07, 6.45) is 4.06. The van der Waals surface area contributed by atoms with Crippen LogP contribution in [-0.2, 0) is 9.53 Å². The van der Waals surface area contributed by atoms with Gasteiger partial charge in [0.25, 0.3) is 0 Å². The highest BCUT2D eigenvalue weighted by Crippen LogP contribution is 2.09. The van der Waals surface area contributed by atoms with E-state index in [0.717, 1.165) is 51.9 Å². The van der Waals surface area contributed by atoms with Crippen LogP contribution in [0.4, 0.5) is 0 Å². The number of likely N-dealkylation sites (tertiary alicyclic amines) is 1. The van der Waals surface area contributed by atoms with Crippen LogP contribution >= 0.6 is 0 Å². The number of ether oxygens (including phenoxy) is 1. The molecule has 82 valence electrons. The molecule has 1 aliphatic heterocycles. The fourth-order valence-electron chi connectivity index (χ4n) is 1.85. The lowest BCUT2D eigenvalue weighted by Crippen LogP contribution is -2.42. The molecule has 1 N–H and O–H groups in total. The Labute approximate surface area is 85.6 Å². The van der Waals surface area contributed by atoms with E-state index in [1.165, 1.54) is 0 Å². The van der Waals surface area contributed by atoms with Crippen LogP contribution in [-0.4, -0.2) is 50.7 Å². The van der Waals surface area contributed by atoms with Crippen molar-refractivity contribution in [1.82, 2.24) is 10.2 Å². The van der Waals surface area contributed by atoms with Crippen molar-refractivity contribution in [3.63, 3.8) is 0 Å². The third kappa shape index (κ3) is 4.07. The summed E-state index contributed by atoms with van der Waals surface area (Å²) < 4.78 is 5.01. The zero-order valence-electron chi connectivity index (χ0n) is 8.87. The SMILES string of the molecule is COCCCN1CCC(NC=O)CC1. The number of amides is 1. The van der Waals surface area contributed by atoms with Crippen LogP contribution in [0.15, 0.2) is 0 Å². The number of piperidine rings is 1. The summed E-state index contributed by atoms with van der Waals surface area (Å²) in [4.78, 5) is 12.7. The molecule has 1 amide bonds. The summed E-state index contributed by atoms with van der Waals surface area (Å²) in [7, 11) is 1.74. The lowest BCUT2D eigenvalue weighted by Gasteiger charge is -2.31. The molecule has 0 saturated carbocycles. The second-order valence-corrected chi connectivity index (χ2v) is 3.75.